The number of phenols is 4. The number of unbranched alkanes of at least 4 members (excludes halogenated alkanes) is 8. The van der Waals surface area contributed by atoms with Crippen LogP contribution in [0.25, 0.3) is 0 Å². The normalized spacial score (nSPS) is 19.7. The average molecular weight is 1350 g/mol. The molecule has 0 radical (unpaired) electrons. The molecule has 4 aliphatic heterocycles. The summed E-state index contributed by atoms with van der Waals surface area (Å²) >= 11 is 0. The zero-order valence-corrected chi connectivity index (χ0v) is 60.7. The van der Waals surface area contributed by atoms with E-state index in [1.165, 1.54) is 0 Å². The first-order valence-electron chi connectivity index (χ1n) is 38.0. The fraction of sp³-hybridized carbons (Fsp3) is 0.455. The Bertz CT molecular complexity index is 3550. The first-order chi connectivity index (χ1) is 48.8. The van der Waals surface area contributed by atoms with Crippen LogP contribution in [0.5, 0.6) is 46.0 Å². The summed E-state index contributed by atoms with van der Waals surface area (Å²) in [6, 6.07) is 51.2. The molecule has 0 saturated carbocycles. The van der Waals surface area contributed by atoms with E-state index >= 15 is 0 Å². The minimum Gasteiger partial charge on any atom is -0.507 e. The third-order valence-corrected chi connectivity index (χ3v) is 23.3. The molecule has 12 nitrogen and oxygen atoms in total. The SMILES string of the molecule is CCCCC[C@H]1c2cc(c3c(c2O)CN([C@@H](C)c2ccccc2)CO3)[C@@H](CCCCC)c2cc(c3c(c2O)CN([C@@H](C)c2ccccc2)CO3)[C@@H](CCCCC)c2cc(c3c(c2O)CN([C@@H](C)c2ccccc2)CO3)[C@@H](CCCCC)c2cc1c1c(c2O)CN([C@@H](C)c2ccccc2)CO1. The highest BCUT2D eigenvalue weighted by Crippen LogP contribution is 2.59. The van der Waals surface area contributed by atoms with Gasteiger partial charge in [-0.2, -0.15) is 0 Å². The fourth-order valence-electron chi connectivity index (χ4n) is 17.1. The van der Waals surface area contributed by atoms with E-state index in [1.54, 1.807) is 0 Å². The van der Waals surface area contributed by atoms with Crippen molar-refractivity contribution in [3.8, 4) is 46.0 Å². The second kappa shape index (κ2) is 31.9. The smallest absolute Gasteiger partial charge is 0.142 e. The number of nitrogens with zero attached hydrogens (tertiary/aromatic N) is 4. The van der Waals surface area contributed by atoms with Crippen LogP contribution >= 0.6 is 0 Å². The van der Waals surface area contributed by atoms with Crippen molar-refractivity contribution < 1.29 is 39.4 Å². The van der Waals surface area contributed by atoms with Crippen LogP contribution in [0, 0.1) is 0 Å². The van der Waals surface area contributed by atoms with E-state index in [-0.39, 0.29) is 47.2 Å². The molecule has 0 amide bonds. The van der Waals surface area contributed by atoms with Crippen LogP contribution in [-0.2, 0) is 26.2 Å². The molecule has 0 aromatic heterocycles. The third kappa shape index (κ3) is 14.2. The summed E-state index contributed by atoms with van der Waals surface area (Å²) in [5.74, 6) is 1.82. The number of aromatic hydroxyl groups is 4. The van der Waals surface area contributed by atoms with Gasteiger partial charge >= 0.3 is 0 Å². The van der Waals surface area contributed by atoms with Crippen LogP contribution in [0.2, 0.25) is 0 Å². The average Bonchev–Trinajstić information content (AvgIpc) is 0.728. The lowest BCUT2D eigenvalue weighted by molar-refractivity contribution is 0.0582. The summed E-state index contributed by atoms with van der Waals surface area (Å²) in [4.78, 5) is 9.29. The van der Waals surface area contributed by atoms with E-state index in [1.807, 2.05) is 0 Å². The lowest BCUT2D eigenvalue weighted by Gasteiger charge is -2.40. The van der Waals surface area contributed by atoms with Crippen molar-refractivity contribution in [3.05, 3.63) is 235 Å². The Morgan fingerprint density at radius 1 is 0.300 bits per heavy atom. The molecule has 528 valence electrons. The van der Waals surface area contributed by atoms with Gasteiger partial charge in [-0.05, 0) is 99.9 Å². The minimum atomic E-state index is -0.421. The first kappa shape index (κ1) is 70.4. The molecule has 13 rings (SSSR count). The molecule has 8 bridgehead atoms. The Kier molecular flexibility index (Phi) is 22.5. The summed E-state index contributed by atoms with van der Waals surface area (Å²) < 4.78 is 29.3. The molecule has 4 heterocycles. The van der Waals surface area contributed by atoms with Crippen molar-refractivity contribution in [1.82, 2.24) is 19.6 Å². The van der Waals surface area contributed by atoms with E-state index in [4.69, 9.17) is 18.9 Å². The van der Waals surface area contributed by atoms with Gasteiger partial charge in [-0.3, -0.25) is 19.6 Å². The van der Waals surface area contributed by atoms with Gasteiger partial charge in [-0.25, -0.2) is 0 Å². The third-order valence-electron chi connectivity index (χ3n) is 23.3. The number of hydrogen-bond acceptors (Lipinski definition) is 12. The highest BCUT2D eigenvalue weighted by atomic mass is 16.5. The van der Waals surface area contributed by atoms with Crippen molar-refractivity contribution in [2.24, 2.45) is 0 Å². The van der Waals surface area contributed by atoms with Crippen LogP contribution in [-0.4, -0.2) is 66.9 Å². The van der Waals surface area contributed by atoms with Gasteiger partial charge in [-0.15, -0.1) is 0 Å². The van der Waals surface area contributed by atoms with Crippen molar-refractivity contribution in [2.45, 2.75) is 232 Å². The molecule has 100 heavy (non-hydrogen) atoms. The molecule has 0 saturated heterocycles. The van der Waals surface area contributed by atoms with Crippen LogP contribution in [0.3, 0.4) is 0 Å². The molecule has 5 aliphatic rings. The highest BCUT2D eigenvalue weighted by Gasteiger charge is 2.43. The Morgan fingerprint density at radius 3 is 0.690 bits per heavy atom. The van der Waals surface area contributed by atoms with Crippen LogP contribution in [0.4, 0.5) is 0 Å². The number of hydrogen-bond donors (Lipinski definition) is 4. The summed E-state index contributed by atoms with van der Waals surface area (Å²) in [5.41, 5.74) is 14.5. The van der Waals surface area contributed by atoms with Crippen molar-refractivity contribution in [1.29, 1.82) is 0 Å². The van der Waals surface area contributed by atoms with Crippen LogP contribution in [0.15, 0.2) is 146 Å². The molecule has 1 aliphatic carbocycles. The first-order valence-corrected chi connectivity index (χ1v) is 38.0. The maximum absolute atomic E-state index is 13.9. The zero-order valence-electron chi connectivity index (χ0n) is 60.7. The van der Waals surface area contributed by atoms with Gasteiger partial charge in [0.1, 0.15) is 72.9 Å². The lowest BCUT2D eigenvalue weighted by atomic mass is 9.74. The number of phenolic OH excluding ortho intramolecular Hbond substituents is 4. The van der Waals surface area contributed by atoms with Gasteiger partial charge in [-0.1, -0.05) is 226 Å². The summed E-state index contributed by atoms with van der Waals surface area (Å²) in [5, 5.41) is 55.7. The largest absolute Gasteiger partial charge is 0.507 e. The van der Waals surface area contributed by atoms with Gasteiger partial charge < -0.3 is 39.4 Å². The van der Waals surface area contributed by atoms with Crippen molar-refractivity contribution >= 4 is 0 Å². The number of rotatable bonds is 24. The highest BCUT2D eigenvalue weighted by molar-refractivity contribution is 5.69. The fourth-order valence-corrected chi connectivity index (χ4v) is 17.1. The van der Waals surface area contributed by atoms with Gasteiger partial charge in [0, 0.05) is 119 Å². The quantitative estimate of drug-likeness (QED) is 0.0430. The van der Waals surface area contributed by atoms with Gasteiger partial charge in [0.15, 0.2) is 0 Å². The minimum absolute atomic E-state index is 0.0465. The summed E-state index contributed by atoms with van der Waals surface area (Å²) in [6.07, 6.45) is 14.1. The number of fused-ring (bicyclic) bond motifs is 16. The molecule has 8 aromatic carbocycles. The van der Waals surface area contributed by atoms with Gasteiger partial charge in [0.05, 0.1) is 22.3 Å². The van der Waals surface area contributed by atoms with E-state index in [0.29, 0.717) is 102 Å². The van der Waals surface area contributed by atoms with E-state index in [9.17, 15) is 20.4 Å². The standard InChI is InChI=1S/C88H108N4O8/c1-9-13-21-41-65-69-45-74(86-77(81(69)93)49-89(54-98-86)57(5)61-33-25-17-26-34-61)67(43-23-15-11-3)71-47-76(88-79(83(71)95)51-91(56-100-88)59(7)63-37-29-19-30-38-63)68(44-24-16-12-4)72-48-75(87-80(84(72)96)52-92(55-99-87)60(8)64-39-31-20-32-40-64)66(42-22-14-10-2)70-46-73(65)85-78(82(70)94)50-90(53-97-85)58(6)62-35-27-18-28-36-62/h17-20,25-40,45-48,57-60,65-68,93-96H,9-16,21-24,41-44,49-56H2,1-8H3/t57-,58-,59-,60-,65-,66-,67-,68-/m0/s1. The van der Waals surface area contributed by atoms with E-state index < -0.39 is 23.7 Å². The molecule has 8 aromatic rings. The van der Waals surface area contributed by atoms with Gasteiger partial charge in [0.25, 0.3) is 0 Å². The topological polar surface area (TPSA) is 131 Å². The maximum Gasteiger partial charge on any atom is 0.142 e. The molecule has 8 atom stereocenters. The molecular weight excluding hydrogens is 1240 g/mol. The Morgan fingerprint density at radius 2 is 0.500 bits per heavy atom. The number of ether oxygens (including phenoxy) is 4. The molecule has 0 fully saturated rings. The Hall–Kier alpha value is -8.00. The molecular formula is C88H108N4O8. The van der Waals surface area contributed by atoms with Gasteiger partial charge in [0.2, 0.25) is 0 Å². The number of benzene rings is 8. The lowest BCUT2D eigenvalue weighted by Crippen LogP contribution is -2.36. The maximum atomic E-state index is 13.9. The predicted octanol–water partition coefficient (Wildman–Crippen LogP) is 21.3. The molecule has 0 spiro atoms. The molecule has 4 N–H and O–H groups in total. The second-order valence-electron chi connectivity index (χ2n) is 29.5. The Balaban J connectivity index is 1.14. The van der Waals surface area contributed by atoms with Crippen LogP contribution in [0.1, 0.15) is 295 Å². The zero-order chi connectivity index (χ0) is 69.6. The predicted molar refractivity (Wildman–Crippen MR) is 400 cm³/mol. The van der Waals surface area contributed by atoms with E-state index in [0.717, 1.165) is 166 Å². The summed E-state index contributed by atoms with van der Waals surface area (Å²) in [7, 11) is 0. The van der Waals surface area contributed by atoms with E-state index in [2.05, 4.69) is 221 Å². The van der Waals surface area contributed by atoms with Crippen LogP contribution < -0.4 is 18.9 Å². The monoisotopic (exact) mass is 1350 g/mol. The van der Waals surface area contributed by atoms with Crippen molar-refractivity contribution in [2.75, 3.05) is 26.9 Å². The van der Waals surface area contributed by atoms with Crippen molar-refractivity contribution in [3.63, 3.8) is 0 Å². The molecule has 12 heteroatoms. The second-order valence-corrected chi connectivity index (χ2v) is 29.5. The summed E-state index contributed by atoms with van der Waals surface area (Å²) in [6.45, 7) is 20.7. The molecule has 0 unspecified atom stereocenters. The Labute approximate surface area is 595 Å².